The molecule has 2 aliphatic carbocycles. The number of hydrogen-bond donors (Lipinski definition) is 0. The third kappa shape index (κ3) is 5.21. The van der Waals surface area contributed by atoms with Crippen LogP contribution in [0.5, 0.6) is 11.5 Å². The standard InChI is InChI=1S/C28H32Cl3NO10/c29-9-1-13-37-24(34)32-12-8-27-21-17-4-5-19(40-25(35)38-14-2-10-30)22(21)41-23(27)18(33)6-7-28(27,20(32)16-17)42-26(36)39-15-3-11-31/h4-5,20,23H,1-3,6-16H2/t20-,23+,27?,28?/m1/s1. The van der Waals surface area contributed by atoms with Gasteiger partial charge in [0, 0.05) is 36.2 Å². The monoisotopic (exact) mass is 647 g/mol. The zero-order valence-electron chi connectivity index (χ0n) is 22.9. The molecule has 230 valence electrons. The third-order valence-electron chi connectivity index (χ3n) is 8.39. The Kier molecular flexibility index (Phi) is 9.49. The molecule has 0 N–H and O–H groups in total. The highest BCUT2D eigenvalue weighted by Crippen LogP contribution is 2.66. The molecule has 0 aromatic heterocycles. The first-order valence-electron chi connectivity index (χ1n) is 14.0. The average molecular weight is 649 g/mol. The number of piperidine rings is 1. The summed E-state index contributed by atoms with van der Waals surface area (Å²) in [6, 6.07) is 2.66. The van der Waals surface area contributed by atoms with E-state index < -0.39 is 41.6 Å². The van der Waals surface area contributed by atoms with Crippen LogP contribution in [0.25, 0.3) is 0 Å². The van der Waals surface area contributed by atoms with Gasteiger partial charge in [-0.3, -0.25) is 4.79 Å². The zero-order chi connectivity index (χ0) is 29.9. The van der Waals surface area contributed by atoms with E-state index in [0.29, 0.717) is 42.5 Å². The minimum absolute atomic E-state index is 0.0347. The molecule has 2 bridgehead atoms. The molecular formula is C28H32Cl3NO10. The van der Waals surface area contributed by atoms with E-state index in [2.05, 4.69) is 0 Å². The van der Waals surface area contributed by atoms with Gasteiger partial charge in [0.05, 0.1) is 31.3 Å². The summed E-state index contributed by atoms with van der Waals surface area (Å²) in [5.41, 5.74) is -1.13. The zero-order valence-corrected chi connectivity index (χ0v) is 25.1. The van der Waals surface area contributed by atoms with Gasteiger partial charge in [0.2, 0.25) is 0 Å². The Hall–Kier alpha value is -2.63. The summed E-state index contributed by atoms with van der Waals surface area (Å²) < 4.78 is 34.0. The molecule has 1 aromatic rings. The van der Waals surface area contributed by atoms with Gasteiger partial charge in [-0.2, -0.15) is 0 Å². The fourth-order valence-corrected chi connectivity index (χ4v) is 7.14. The van der Waals surface area contributed by atoms with Crippen molar-refractivity contribution >= 4 is 59.0 Å². The second-order valence-electron chi connectivity index (χ2n) is 10.6. The van der Waals surface area contributed by atoms with Gasteiger partial charge in [0.25, 0.3) is 0 Å². The summed E-state index contributed by atoms with van der Waals surface area (Å²) in [6.07, 6.45) is -1.43. The number of carbonyl (C=O) groups is 4. The SMILES string of the molecule is O=C(OCCCCl)Oc1ccc2c3c1O[C@H]1C(=O)CCC4(OC(=O)OCCCCl)[C@@H](C2)N(C(=O)OCCCCl)CCC314. The van der Waals surface area contributed by atoms with Gasteiger partial charge >= 0.3 is 18.4 Å². The largest absolute Gasteiger partial charge is 0.513 e. The number of Topliss-reactive ketones (excluding diaryl/α,β-unsaturated/α-hetero) is 1. The number of amides is 1. The number of halogens is 3. The van der Waals surface area contributed by atoms with Gasteiger partial charge in [-0.25, -0.2) is 14.4 Å². The van der Waals surface area contributed by atoms with Crippen molar-refractivity contribution in [1.82, 2.24) is 4.90 Å². The number of ketones is 1. The maximum Gasteiger partial charge on any atom is 0.513 e. The second-order valence-corrected chi connectivity index (χ2v) is 11.7. The van der Waals surface area contributed by atoms with Crippen molar-refractivity contribution in [2.75, 3.05) is 44.0 Å². The fraction of sp³-hybridized carbons (Fsp3) is 0.643. The van der Waals surface area contributed by atoms with Crippen LogP contribution in [-0.2, 0) is 35.6 Å². The first-order valence-corrected chi connectivity index (χ1v) is 15.6. The van der Waals surface area contributed by atoms with E-state index in [1.54, 1.807) is 17.0 Å². The molecule has 5 rings (SSSR count). The highest BCUT2D eigenvalue weighted by molar-refractivity contribution is 6.18. The second kappa shape index (κ2) is 12.9. The van der Waals surface area contributed by atoms with Crippen molar-refractivity contribution in [2.24, 2.45) is 0 Å². The molecule has 1 saturated carbocycles. The molecule has 0 radical (unpaired) electrons. The Morgan fingerprint density at radius 3 is 2.29 bits per heavy atom. The maximum atomic E-state index is 13.5. The Balaban J connectivity index is 1.57. The van der Waals surface area contributed by atoms with E-state index in [1.165, 1.54) is 0 Å². The Bertz CT molecular complexity index is 1230. The van der Waals surface area contributed by atoms with Crippen molar-refractivity contribution in [2.45, 2.75) is 68.1 Å². The van der Waals surface area contributed by atoms with Crippen LogP contribution in [-0.4, -0.2) is 90.8 Å². The molecule has 1 aromatic carbocycles. The van der Waals surface area contributed by atoms with Gasteiger partial charge < -0.3 is 33.3 Å². The van der Waals surface area contributed by atoms with Crippen molar-refractivity contribution < 1.29 is 47.6 Å². The molecule has 4 atom stereocenters. The number of hydrogen-bond acceptors (Lipinski definition) is 10. The third-order valence-corrected chi connectivity index (χ3v) is 9.20. The van der Waals surface area contributed by atoms with Crippen molar-refractivity contribution in [1.29, 1.82) is 0 Å². The lowest BCUT2D eigenvalue weighted by Crippen LogP contribution is -2.78. The molecule has 14 heteroatoms. The average Bonchev–Trinajstić information content (AvgIpc) is 3.32. The highest BCUT2D eigenvalue weighted by Gasteiger charge is 2.76. The fourth-order valence-electron chi connectivity index (χ4n) is 6.81. The van der Waals surface area contributed by atoms with Crippen LogP contribution >= 0.6 is 34.8 Å². The van der Waals surface area contributed by atoms with Gasteiger partial charge in [-0.1, -0.05) is 6.07 Å². The molecule has 1 saturated heterocycles. The smallest absolute Gasteiger partial charge is 0.477 e. The van der Waals surface area contributed by atoms with Gasteiger partial charge in [0.15, 0.2) is 29.0 Å². The lowest BCUT2D eigenvalue weighted by Gasteiger charge is -2.62. The molecule has 2 fully saturated rings. The quantitative estimate of drug-likeness (QED) is 0.105. The van der Waals surface area contributed by atoms with Crippen LogP contribution in [0.4, 0.5) is 14.4 Å². The van der Waals surface area contributed by atoms with E-state index in [0.717, 1.165) is 5.56 Å². The Morgan fingerprint density at radius 2 is 1.60 bits per heavy atom. The maximum absolute atomic E-state index is 13.5. The lowest BCUT2D eigenvalue weighted by molar-refractivity contribution is -0.192. The van der Waals surface area contributed by atoms with Crippen LogP contribution in [0.3, 0.4) is 0 Å². The first kappa shape index (κ1) is 30.8. The van der Waals surface area contributed by atoms with Crippen LogP contribution in [0.2, 0.25) is 0 Å². The normalized spacial score (nSPS) is 26.5. The minimum Gasteiger partial charge on any atom is -0.477 e. The summed E-state index contributed by atoms with van der Waals surface area (Å²) in [5.74, 6) is 1.08. The number of benzene rings is 1. The molecule has 1 amide bonds. The number of alkyl halides is 3. The molecule has 4 aliphatic rings. The van der Waals surface area contributed by atoms with E-state index in [-0.39, 0.29) is 69.3 Å². The van der Waals surface area contributed by atoms with Crippen molar-refractivity contribution in [3.8, 4) is 11.5 Å². The Labute approximate surface area is 257 Å². The van der Waals surface area contributed by atoms with Gasteiger partial charge in [-0.15, -0.1) is 34.8 Å². The summed E-state index contributed by atoms with van der Waals surface area (Å²) in [4.78, 5) is 54.0. The molecular weight excluding hydrogens is 617 g/mol. The van der Waals surface area contributed by atoms with Gasteiger partial charge in [0.1, 0.15) is 0 Å². The number of rotatable bonds is 11. The van der Waals surface area contributed by atoms with Crippen LogP contribution in [0.1, 0.15) is 49.7 Å². The van der Waals surface area contributed by atoms with Crippen molar-refractivity contribution in [3.05, 3.63) is 23.3 Å². The lowest BCUT2D eigenvalue weighted by atomic mass is 9.49. The summed E-state index contributed by atoms with van der Waals surface area (Å²) in [6.45, 7) is 0.479. The molecule has 1 spiro atoms. The van der Waals surface area contributed by atoms with E-state index >= 15 is 0 Å². The van der Waals surface area contributed by atoms with Gasteiger partial charge in [-0.05, 0) is 50.2 Å². The summed E-state index contributed by atoms with van der Waals surface area (Å²) in [5, 5.41) is 0. The number of likely N-dealkylation sites (tertiary alicyclic amines) is 1. The van der Waals surface area contributed by atoms with Crippen LogP contribution in [0, 0.1) is 0 Å². The molecule has 42 heavy (non-hydrogen) atoms. The molecule has 2 unspecified atom stereocenters. The predicted octanol–water partition coefficient (Wildman–Crippen LogP) is 5.11. The van der Waals surface area contributed by atoms with E-state index in [9.17, 15) is 19.2 Å². The molecule has 11 nitrogen and oxygen atoms in total. The van der Waals surface area contributed by atoms with E-state index in [4.69, 9.17) is 63.2 Å². The molecule has 2 aliphatic heterocycles. The number of ether oxygens (including phenoxy) is 6. The highest BCUT2D eigenvalue weighted by atomic mass is 35.5. The van der Waals surface area contributed by atoms with Crippen molar-refractivity contribution in [3.63, 3.8) is 0 Å². The summed E-state index contributed by atoms with van der Waals surface area (Å²) >= 11 is 17.2. The Morgan fingerprint density at radius 1 is 0.929 bits per heavy atom. The first-order chi connectivity index (χ1) is 20.3. The summed E-state index contributed by atoms with van der Waals surface area (Å²) in [7, 11) is 0. The predicted molar refractivity (Wildman–Crippen MR) is 150 cm³/mol. The number of nitrogens with zero attached hydrogens (tertiary/aromatic N) is 1. The number of carbonyl (C=O) groups excluding carboxylic acids is 4. The van der Waals surface area contributed by atoms with Crippen LogP contribution < -0.4 is 9.47 Å². The topological polar surface area (TPSA) is 127 Å². The van der Waals surface area contributed by atoms with Crippen LogP contribution in [0.15, 0.2) is 12.1 Å². The molecule has 2 heterocycles. The minimum atomic E-state index is -1.38. The van der Waals surface area contributed by atoms with E-state index in [1.807, 2.05) is 0 Å².